The Morgan fingerprint density at radius 2 is 2.11 bits per heavy atom. The molecule has 1 spiro atoms. The molecule has 3 N–H and O–H groups in total. The third-order valence-corrected chi connectivity index (χ3v) is 5.29. The Bertz CT molecular complexity index is 294. The maximum Gasteiger partial charge on any atom is 0.0770 e. The van der Waals surface area contributed by atoms with Gasteiger partial charge in [-0.2, -0.15) is 0 Å². The number of hydrazine groups is 1. The zero-order valence-corrected chi connectivity index (χ0v) is 11.4. The minimum Gasteiger partial charge on any atom is -0.376 e. The van der Waals surface area contributed by atoms with Crippen molar-refractivity contribution in [1.29, 1.82) is 0 Å². The first kappa shape index (κ1) is 12.9. The first-order valence-electron chi connectivity index (χ1n) is 7.46. The number of hydrogen-bond donors (Lipinski definition) is 2. The molecule has 0 bridgehead atoms. The highest BCUT2D eigenvalue weighted by atomic mass is 16.5. The molecular formula is C14H26N2O2. The van der Waals surface area contributed by atoms with Crippen LogP contribution in [0.15, 0.2) is 0 Å². The predicted molar refractivity (Wildman–Crippen MR) is 69.9 cm³/mol. The summed E-state index contributed by atoms with van der Waals surface area (Å²) in [6.45, 7) is 4.06. The molecule has 4 unspecified atom stereocenters. The van der Waals surface area contributed by atoms with Gasteiger partial charge in [0.1, 0.15) is 0 Å². The summed E-state index contributed by atoms with van der Waals surface area (Å²) in [6.07, 6.45) is 7.53. The Labute approximate surface area is 110 Å². The summed E-state index contributed by atoms with van der Waals surface area (Å²) < 4.78 is 11.9. The Balaban J connectivity index is 1.67. The fourth-order valence-corrected chi connectivity index (χ4v) is 3.97. The van der Waals surface area contributed by atoms with Gasteiger partial charge in [0.25, 0.3) is 0 Å². The molecule has 1 aliphatic carbocycles. The summed E-state index contributed by atoms with van der Waals surface area (Å²) in [4.78, 5) is 0. The van der Waals surface area contributed by atoms with Crippen LogP contribution in [0.2, 0.25) is 0 Å². The molecule has 4 nitrogen and oxygen atoms in total. The maximum atomic E-state index is 6.01. The number of nitrogens with two attached hydrogens (primary N) is 1. The van der Waals surface area contributed by atoms with Crippen LogP contribution in [0.3, 0.4) is 0 Å². The van der Waals surface area contributed by atoms with E-state index in [1.807, 2.05) is 0 Å². The minimum atomic E-state index is 0.194. The minimum absolute atomic E-state index is 0.194. The van der Waals surface area contributed by atoms with Gasteiger partial charge in [-0.05, 0) is 50.4 Å². The van der Waals surface area contributed by atoms with Crippen molar-refractivity contribution in [2.75, 3.05) is 13.2 Å². The van der Waals surface area contributed by atoms with Crippen LogP contribution < -0.4 is 11.3 Å². The van der Waals surface area contributed by atoms with E-state index in [9.17, 15) is 0 Å². The van der Waals surface area contributed by atoms with Crippen molar-refractivity contribution in [1.82, 2.24) is 5.43 Å². The van der Waals surface area contributed by atoms with Crippen molar-refractivity contribution in [2.45, 2.75) is 63.2 Å². The predicted octanol–water partition coefficient (Wildman–Crippen LogP) is 1.59. The number of ether oxygens (including phenoxy) is 2. The standard InChI is InChI=1S/C14H26N2O2/c1-10-3-7-17-13(10)12(16-15)11-4-8-18-14(9-11)5-2-6-14/h10-13,16H,2-9,15H2,1H3. The molecule has 2 saturated heterocycles. The van der Waals surface area contributed by atoms with Gasteiger partial charge in [-0.1, -0.05) is 6.92 Å². The molecule has 2 aliphatic heterocycles. The van der Waals surface area contributed by atoms with Crippen LogP contribution in [0.1, 0.15) is 45.4 Å². The van der Waals surface area contributed by atoms with E-state index in [0.717, 1.165) is 32.5 Å². The lowest BCUT2D eigenvalue weighted by Crippen LogP contribution is -2.56. The summed E-state index contributed by atoms with van der Waals surface area (Å²) >= 11 is 0. The Hall–Kier alpha value is -0.160. The second-order valence-corrected chi connectivity index (χ2v) is 6.43. The normalized spacial score (nSPS) is 40.7. The van der Waals surface area contributed by atoms with Gasteiger partial charge in [-0.15, -0.1) is 0 Å². The molecule has 0 radical (unpaired) electrons. The number of nitrogens with one attached hydrogen (secondary N) is 1. The lowest BCUT2D eigenvalue weighted by Gasteiger charge is -2.49. The highest BCUT2D eigenvalue weighted by Crippen LogP contribution is 2.46. The zero-order chi connectivity index (χ0) is 12.6. The smallest absolute Gasteiger partial charge is 0.0770 e. The fourth-order valence-electron chi connectivity index (χ4n) is 3.97. The Morgan fingerprint density at radius 3 is 2.67 bits per heavy atom. The first-order valence-corrected chi connectivity index (χ1v) is 7.46. The summed E-state index contributed by atoms with van der Waals surface area (Å²) in [5.74, 6) is 7.05. The number of rotatable bonds is 3. The van der Waals surface area contributed by atoms with Gasteiger partial charge < -0.3 is 9.47 Å². The largest absolute Gasteiger partial charge is 0.376 e. The SMILES string of the molecule is CC1CCOC1C(NN)C1CCOC2(CCC2)C1. The van der Waals surface area contributed by atoms with Crippen molar-refractivity contribution in [3.05, 3.63) is 0 Å². The summed E-state index contributed by atoms with van der Waals surface area (Å²) in [5.41, 5.74) is 3.24. The molecule has 3 fully saturated rings. The van der Waals surface area contributed by atoms with Gasteiger partial charge in [-0.25, -0.2) is 0 Å². The van der Waals surface area contributed by atoms with E-state index in [-0.39, 0.29) is 11.7 Å². The highest BCUT2D eigenvalue weighted by molar-refractivity contribution is 4.99. The van der Waals surface area contributed by atoms with Crippen molar-refractivity contribution >= 4 is 0 Å². The highest BCUT2D eigenvalue weighted by Gasteiger charge is 2.46. The first-order chi connectivity index (χ1) is 8.74. The quantitative estimate of drug-likeness (QED) is 0.593. The third-order valence-electron chi connectivity index (χ3n) is 5.29. The Morgan fingerprint density at radius 1 is 1.28 bits per heavy atom. The van der Waals surface area contributed by atoms with Gasteiger partial charge in [-0.3, -0.25) is 11.3 Å². The molecule has 0 amide bonds. The second-order valence-electron chi connectivity index (χ2n) is 6.43. The van der Waals surface area contributed by atoms with Gasteiger partial charge in [0, 0.05) is 13.2 Å². The van der Waals surface area contributed by atoms with Crippen LogP contribution in [0.25, 0.3) is 0 Å². The van der Waals surface area contributed by atoms with Crippen molar-refractivity contribution in [2.24, 2.45) is 17.7 Å². The summed E-state index contributed by atoms with van der Waals surface area (Å²) in [7, 11) is 0. The van der Waals surface area contributed by atoms with Crippen LogP contribution in [-0.2, 0) is 9.47 Å². The molecule has 0 aromatic heterocycles. The van der Waals surface area contributed by atoms with Crippen molar-refractivity contribution < 1.29 is 9.47 Å². The second kappa shape index (κ2) is 5.08. The van der Waals surface area contributed by atoms with E-state index in [2.05, 4.69) is 12.3 Å². The average molecular weight is 254 g/mol. The fraction of sp³-hybridized carbons (Fsp3) is 1.00. The summed E-state index contributed by atoms with van der Waals surface area (Å²) in [5, 5.41) is 0. The van der Waals surface area contributed by atoms with Crippen LogP contribution in [-0.4, -0.2) is 31.0 Å². The molecule has 3 aliphatic rings. The lowest BCUT2D eigenvalue weighted by atomic mass is 9.69. The van der Waals surface area contributed by atoms with Crippen LogP contribution in [0, 0.1) is 11.8 Å². The maximum absolute atomic E-state index is 6.01. The van der Waals surface area contributed by atoms with Crippen LogP contribution in [0.5, 0.6) is 0 Å². The van der Waals surface area contributed by atoms with Gasteiger partial charge in [0.15, 0.2) is 0 Å². The van der Waals surface area contributed by atoms with E-state index in [1.54, 1.807) is 0 Å². The monoisotopic (exact) mass is 254 g/mol. The molecule has 0 aromatic rings. The molecule has 4 atom stereocenters. The van der Waals surface area contributed by atoms with E-state index in [1.165, 1.54) is 19.3 Å². The summed E-state index contributed by atoms with van der Waals surface area (Å²) in [6, 6.07) is 0.295. The molecular weight excluding hydrogens is 228 g/mol. The third kappa shape index (κ3) is 2.20. The Kier molecular flexibility index (Phi) is 3.63. The lowest BCUT2D eigenvalue weighted by molar-refractivity contribution is -0.152. The molecule has 3 rings (SSSR count). The topological polar surface area (TPSA) is 56.5 Å². The number of hydrogen-bond acceptors (Lipinski definition) is 4. The van der Waals surface area contributed by atoms with Crippen molar-refractivity contribution in [3.8, 4) is 0 Å². The van der Waals surface area contributed by atoms with Gasteiger partial charge >= 0.3 is 0 Å². The van der Waals surface area contributed by atoms with Gasteiger partial charge in [0.2, 0.25) is 0 Å². The van der Waals surface area contributed by atoms with E-state index >= 15 is 0 Å². The molecule has 0 aromatic carbocycles. The van der Waals surface area contributed by atoms with E-state index < -0.39 is 0 Å². The molecule has 104 valence electrons. The molecule has 1 saturated carbocycles. The van der Waals surface area contributed by atoms with E-state index in [0.29, 0.717) is 17.9 Å². The average Bonchev–Trinajstić information content (AvgIpc) is 2.75. The van der Waals surface area contributed by atoms with Crippen LogP contribution >= 0.6 is 0 Å². The molecule has 2 heterocycles. The molecule has 18 heavy (non-hydrogen) atoms. The zero-order valence-electron chi connectivity index (χ0n) is 11.4. The van der Waals surface area contributed by atoms with E-state index in [4.69, 9.17) is 15.3 Å². The van der Waals surface area contributed by atoms with Crippen molar-refractivity contribution in [3.63, 3.8) is 0 Å². The molecule has 4 heteroatoms. The van der Waals surface area contributed by atoms with Crippen LogP contribution in [0.4, 0.5) is 0 Å². The van der Waals surface area contributed by atoms with Gasteiger partial charge in [0.05, 0.1) is 17.7 Å².